The van der Waals surface area contributed by atoms with Crippen LogP contribution in [0.3, 0.4) is 0 Å². The molecule has 0 saturated carbocycles. The Morgan fingerprint density at radius 3 is 2.88 bits per heavy atom. The van der Waals surface area contributed by atoms with E-state index in [1.54, 1.807) is 32.0 Å². The van der Waals surface area contributed by atoms with Crippen LogP contribution in [0.2, 0.25) is 0 Å². The number of anilines is 1. The first kappa shape index (κ1) is 16.3. The van der Waals surface area contributed by atoms with Gasteiger partial charge >= 0.3 is 5.97 Å². The van der Waals surface area contributed by atoms with Gasteiger partial charge in [0.1, 0.15) is 11.5 Å². The number of esters is 1. The van der Waals surface area contributed by atoms with Crippen molar-refractivity contribution in [1.29, 1.82) is 0 Å². The van der Waals surface area contributed by atoms with E-state index in [0.29, 0.717) is 27.2 Å². The molecule has 1 aromatic carbocycles. The molecule has 1 aromatic heterocycles. The molecule has 1 unspecified atom stereocenters. The Labute approximate surface area is 142 Å². The first-order valence-corrected chi connectivity index (χ1v) is 8.24. The molecule has 0 radical (unpaired) electrons. The minimum Gasteiger partial charge on any atom is -0.485 e. The number of aromatic nitrogens is 1. The lowest BCUT2D eigenvalue weighted by Crippen LogP contribution is -2.40. The molecule has 1 aliphatic rings. The van der Waals surface area contributed by atoms with Crippen molar-refractivity contribution >= 4 is 28.3 Å². The van der Waals surface area contributed by atoms with Gasteiger partial charge in [0.05, 0.1) is 12.3 Å². The molecule has 0 bridgehead atoms. The third kappa shape index (κ3) is 3.33. The summed E-state index contributed by atoms with van der Waals surface area (Å²) in [5.41, 5.74) is 0.514. The van der Waals surface area contributed by atoms with E-state index in [-0.39, 0.29) is 19.1 Å². The van der Waals surface area contributed by atoms with Crippen LogP contribution in [0.1, 0.15) is 22.3 Å². The Morgan fingerprint density at radius 2 is 2.12 bits per heavy atom. The van der Waals surface area contributed by atoms with Crippen molar-refractivity contribution in [1.82, 2.24) is 4.98 Å². The van der Waals surface area contributed by atoms with Crippen LogP contribution in [0.25, 0.3) is 0 Å². The lowest BCUT2D eigenvalue weighted by molar-refractivity contribution is -0.125. The molecule has 2 heterocycles. The molecule has 24 heavy (non-hydrogen) atoms. The molecule has 1 amide bonds. The van der Waals surface area contributed by atoms with E-state index in [2.05, 4.69) is 10.3 Å². The standard InChI is InChI=1S/C16H16N2O5S/c1-3-21-15(20)13-9(2)17-16(24-13)18-14(19)12-8-22-10-6-4-5-7-11(10)23-12/h4-7,12H,3,8H2,1-2H3,(H,17,18,19). The largest absolute Gasteiger partial charge is 0.485 e. The van der Waals surface area contributed by atoms with E-state index >= 15 is 0 Å². The number of amides is 1. The zero-order valence-corrected chi connectivity index (χ0v) is 14.0. The number of ether oxygens (including phenoxy) is 3. The molecule has 0 saturated heterocycles. The van der Waals surface area contributed by atoms with Crippen molar-refractivity contribution in [2.45, 2.75) is 20.0 Å². The summed E-state index contributed by atoms with van der Waals surface area (Å²) in [6, 6.07) is 7.15. The second kappa shape index (κ2) is 6.88. The Morgan fingerprint density at radius 1 is 1.38 bits per heavy atom. The molecule has 0 aliphatic carbocycles. The summed E-state index contributed by atoms with van der Waals surface area (Å²) in [4.78, 5) is 28.7. The minimum atomic E-state index is -0.782. The van der Waals surface area contributed by atoms with Crippen molar-refractivity contribution in [2.24, 2.45) is 0 Å². The normalized spacial score (nSPS) is 15.7. The molecule has 3 rings (SSSR count). The summed E-state index contributed by atoms with van der Waals surface area (Å²) in [7, 11) is 0. The van der Waals surface area contributed by atoms with Gasteiger partial charge in [0, 0.05) is 0 Å². The summed E-state index contributed by atoms with van der Waals surface area (Å²) in [5.74, 6) is 0.301. The Bertz CT molecular complexity index is 774. The van der Waals surface area contributed by atoms with Gasteiger partial charge < -0.3 is 14.2 Å². The van der Waals surface area contributed by atoms with Crippen LogP contribution >= 0.6 is 11.3 Å². The fourth-order valence-corrected chi connectivity index (χ4v) is 3.03. The summed E-state index contributed by atoms with van der Waals surface area (Å²) >= 11 is 1.07. The van der Waals surface area contributed by atoms with Crippen LogP contribution in [0, 0.1) is 6.92 Å². The average molecular weight is 348 g/mol. The van der Waals surface area contributed by atoms with Crippen LogP contribution in [-0.2, 0) is 9.53 Å². The van der Waals surface area contributed by atoms with Gasteiger partial charge in [-0.25, -0.2) is 9.78 Å². The van der Waals surface area contributed by atoms with Gasteiger partial charge in [0.25, 0.3) is 5.91 Å². The van der Waals surface area contributed by atoms with Crippen LogP contribution < -0.4 is 14.8 Å². The summed E-state index contributed by atoms with van der Waals surface area (Å²) in [6.45, 7) is 3.81. The van der Waals surface area contributed by atoms with Crippen molar-refractivity contribution in [3.05, 3.63) is 34.8 Å². The first-order valence-electron chi connectivity index (χ1n) is 7.42. The van der Waals surface area contributed by atoms with Crippen LogP contribution in [0.15, 0.2) is 24.3 Å². The highest BCUT2D eigenvalue weighted by Gasteiger charge is 2.28. The molecule has 1 aliphatic heterocycles. The Hall–Kier alpha value is -2.61. The number of nitrogens with zero attached hydrogens (tertiary/aromatic N) is 1. The summed E-state index contributed by atoms with van der Waals surface area (Å²) in [6.07, 6.45) is -0.782. The van der Waals surface area contributed by atoms with Gasteiger partial charge in [-0.15, -0.1) is 0 Å². The lowest BCUT2D eigenvalue weighted by atomic mass is 10.2. The van der Waals surface area contributed by atoms with Gasteiger partial charge in [0.2, 0.25) is 6.10 Å². The van der Waals surface area contributed by atoms with Gasteiger partial charge in [-0.2, -0.15) is 0 Å². The number of hydrogen-bond acceptors (Lipinski definition) is 7. The van der Waals surface area contributed by atoms with E-state index in [1.807, 2.05) is 6.07 Å². The number of fused-ring (bicyclic) bond motifs is 1. The number of benzene rings is 1. The van der Waals surface area contributed by atoms with E-state index in [1.165, 1.54) is 0 Å². The molecule has 0 fully saturated rings. The number of aryl methyl sites for hydroxylation is 1. The second-order valence-corrected chi connectivity index (χ2v) is 6.01. The molecular formula is C16H16N2O5S. The molecule has 1 atom stereocenters. The Kier molecular flexibility index (Phi) is 4.66. The van der Waals surface area contributed by atoms with Crippen molar-refractivity contribution < 1.29 is 23.8 Å². The number of hydrogen-bond donors (Lipinski definition) is 1. The smallest absolute Gasteiger partial charge is 0.350 e. The van der Waals surface area contributed by atoms with Gasteiger partial charge in [0.15, 0.2) is 16.6 Å². The Balaban J connectivity index is 1.68. The van der Waals surface area contributed by atoms with E-state index in [9.17, 15) is 9.59 Å². The maximum atomic E-state index is 12.3. The van der Waals surface area contributed by atoms with Gasteiger partial charge in [-0.05, 0) is 26.0 Å². The van der Waals surface area contributed by atoms with Crippen LogP contribution in [0.5, 0.6) is 11.5 Å². The third-order valence-electron chi connectivity index (χ3n) is 3.29. The number of nitrogens with one attached hydrogen (secondary N) is 1. The molecule has 0 spiro atoms. The molecule has 2 aromatic rings. The van der Waals surface area contributed by atoms with E-state index < -0.39 is 12.1 Å². The highest BCUT2D eigenvalue weighted by Crippen LogP contribution is 2.31. The molecular weight excluding hydrogens is 332 g/mol. The SMILES string of the molecule is CCOC(=O)c1sc(NC(=O)C2COc3ccccc3O2)nc1C. The quantitative estimate of drug-likeness (QED) is 0.854. The molecule has 8 heteroatoms. The molecule has 126 valence electrons. The third-order valence-corrected chi connectivity index (χ3v) is 4.34. The maximum Gasteiger partial charge on any atom is 0.350 e. The number of thiazole rings is 1. The second-order valence-electron chi connectivity index (χ2n) is 5.01. The number of carbonyl (C=O) groups excluding carboxylic acids is 2. The highest BCUT2D eigenvalue weighted by atomic mass is 32.1. The first-order chi connectivity index (χ1) is 11.6. The van der Waals surface area contributed by atoms with Gasteiger partial charge in [-0.3, -0.25) is 10.1 Å². The zero-order chi connectivity index (χ0) is 17.1. The number of para-hydroxylation sites is 2. The summed E-state index contributed by atoms with van der Waals surface area (Å²) < 4.78 is 16.1. The monoisotopic (exact) mass is 348 g/mol. The average Bonchev–Trinajstić information content (AvgIpc) is 2.95. The highest BCUT2D eigenvalue weighted by molar-refractivity contribution is 7.17. The molecule has 7 nitrogen and oxygen atoms in total. The van der Waals surface area contributed by atoms with Crippen LogP contribution in [-0.4, -0.2) is 36.2 Å². The van der Waals surface area contributed by atoms with Crippen molar-refractivity contribution in [2.75, 3.05) is 18.5 Å². The molecule has 1 N–H and O–H groups in total. The van der Waals surface area contributed by atoms with Crippen molar-refractivity contribution in [3.8, 4) is 11.5 Å². The fraction of sp³-hybridized carbons (Fsp3) is 0.312. The lowest BCUT2D eigenvalue weighted by Gasteiger charge is -2.25. The fourth-order valence-electron chi connectivity index (χ4n) is 2.17. The predicted octanol–water partition coefficient (Wildman–Crippen LogP) is 2.41. The predicted molar refractivity (Wildman–Crippen MR) is 87.8 cm³/mol. The number of carbonyl (C=O) groups is 2. The van der Waals surface area contributed by atoms with E-state index in [0.717, 1.165) is 11.3 Å². The minimum absolute atomic E-state index is 0.109. The van der Waals surface area contributed by atoms with E-state index in [4.69, 9.17) is 14.2 Å². The van der Waals surface area contributed by atoms with Gasteiger partial charge in [-0.1, -0.05) is 23.5 Å². The number of rotatable bonds is 4. The maximum absolute atomic E-state index is 12.3. The van der Waals surface area contributed by atoms with Crippen LogP contribution in [0.4, 0.5) is 5.13 Å². The topological polar surface area (TPSA) is 86.8 Å². The van der Waals surface area contributed by atoms with Crippen molar-refractivity contribution in [3.63, 3.8) is 0 Å². The zero-order valence-electron chi connectivity index (χ0n) is 13.2. The summed E-state index contributed by atoms with van der Waals surface area (Å²) in [5, 5.41) is 2.98.